The average Bonchev–Trinajstić information content (AvgIpc) is 3.22. The smallest absolute Gasteiger partial charge is 0.293 e. The molecule has 2 heterocycles. The van der Waals surface area contributed by atoms with Crippen molar-refractivity contribution in [2.75, 3.05) is 7.05 Å². The molecule has 24 heavy (non-hydrogen) atoms. The summed E-state index contributed by atoms with van der Waals surface area (Å²) in [5, 5.41) is 4.44. The third-order valence-electron chi connectivity index (χ3n) is 3.88. The van der Waals surface area contributed by atoms with Crippen molar-refractivity contribution in [3.05, 3.63) is 54.0 Å². The third kappa shape index (κ3) is 2.95. The van der Waals surface area contributed by atoms with E-state index in [4.69, 9.17) is 4.42 Å². The van der Waals surface area contributed by atoms with Crippen molar-refractivity contribution in [1.29, 1.82) is 0 Å². The fourth-order valence-corrected chi connectivity index (χ4v) is 2.30. The Morgan fingerprint density at radius 1 is 1.25 bits per heavy atom. The lowest BCUT2D eigenvalue weighted by Gasteiger charge is -2.19. The van der Waals surface area contributed by atoms with Gasteiger partial charge in [0, 0.05) is 13.1 Å². The molecule has 0 unspecified atom stereocenters. The zero-order valence-electron chi connectivity index (χ0n) is 14.2. The predicted molar refractivity (Wildman–Crippen MR) is 91.0 cm³/mol. The topological polar surface area (TPSA) is 64.2 Å². The summed E-state index contributed by atoms with van der Waals surface area (Å²) in [7, 11) is 1.74. The van der Waals surface area contributed by atoms with E-state index in [0.717, 1.165) is 11.3 Å². The van der Waals surface area contributed by atoms with E-state index in [0.29, 0.717) is 11.6 Å². The van der Waals surface area contributed by atoms with Gasteiger partial charge in [-0.25, -0.2) is 4.68 Å². The van der Waals surface area contributed by atoms with Crippen molar-refractivity contribution in [3.8, 4) is 17.3 Å². The van der Waals surface area contributed by atoms with Crippen molar-refractivity contribution in [2.24, 2.45) is 0 Å². The van der Waals surface area contributed by atoms with Gasteiger partial charge in [0.15, 0.2) is 11.6 Å². The van der Waals surface area contributed by atoms with Crippen LogP contribution >= 0.6 is 0 Å². The summed E-state index contributed by atoms with van der Waals surface area (Å²) >= 11 is 0. The van der Waals surface area contributed by atoms with E-state index in [9.17, 15) is 4.79 Å². The maximum atomic E-state index is 12.6. The van der Waals surface area contributed by atoms with Gasteiger partial charge in [-0.2, -0.15) is 4.98 Å². The first-order valence-electron chi connectivity index (χ1n) is 7.82. The fourth-order valence-electron chi connectivity index (χ4n) is 2.30. The molecule has 1 amide bonds. The van der Waals surface area contributed by atoms with Gasteiger partial charge in [0.2, 0.25) is 5.82 Å². The second-order valence-corrected chi connectivity index (χ2v) is 6.00. The SMILES string of the molecule is Cc1cccc(-n2nc(C(=O)N(C)C(C)C)nc2-c2ccco2)c1. The number of aryl methyl sites for hydroxylation is 1. The van der Waals surface area contributed by atoms with Gasteiger partial charge in [-0.1, -0.05) is 12.1 Å². The molecular weight excluding hydrogens is 304 g/mol. The van der Waals surface area contributed by atoms with Crippen molar-refractivity contribution in [2.45, 2.75) is 26.8 Å². The number of hydrogen-bond acceptors (Lipinski definition) is 4. The van der Waals surface area contributed by atoms with E-state index in [2.05, 4.69) is 10.1 Å². The molecule has 6 nitrogen and oxygen atoms in total. The minimum Gasteiger partial charge on any atom is -0.461 e. The minimum absolute atomic E-state index is 0.0653. The highest BCUT2D eigenvalue weighted by Crippen LogP contribution is 2.22. The van der Waals surface area contributed by atoms with Gasteiger partial charge < -0.3 is 9.32 Å². The van der Waals surface area contributed by atoms with E-state index in [1.54, 1.807) is 35.0 Å². The van der Waals surface area contributed by atoms with Gasteiger partial charge in [-0.15, -0.1) is 5.10 Å². The second-order valence-electron chi connectivity index (χ2n) is 6.00. The first-order valence-corrected chi connectivity index (χ1v) is 7.82. The molecule has 0 atom stereocenters. The zero-order valence-corrected chi connectivity index (χ0v) is 14.2. The lowest BCUT2D eigenvalue weighted by Crippen LogP contribution is -2.33. The molecule has 1 aromatic carbocycles. The van der Waals surface area contributed by atoms with Crippen LogP contribution in [0.15, 0.2) is 47.1 Å². The minimum atomic E-state index is -0.218. The number of rotatable bonds is 4. The Kier molecular flexibility index (Phi) is 4.20. The number of aromatic nitrogens is 3. The highest BCUT2D eigenvalue weighted by molar-refractivity contribution is 5.91. The van der Waals surface area contributed by atoms with Crippen LogP contribution in [0, 0.1) is 6.92 Å². The predicted octanol–water partition coefficient (Wildman–Crippen LogP) is 3.32. The molecule has 0 aliphatic carbocycles. The van der Waals surface area contributed by atoms with Gasteiger partial charge in [-0.05, 0) is 50.6 Å². The summed E-state index contributed by atoms with van der Waals surface area (Å²) in [5.74, 6) is 1.00. The average molecular weight is 324 g/mol. The molecule has 0 N–H and O–H groups in total. The van der Waals surface area contributed by atoms with Crippen LogP contribution in [-0.2, 0) is 0 Å². The summed E-state index contributed by atoms with van der Waals surface area (Å²) in [4.78, 5) is 18.6. The van der Waals surface area contributed by atoms with Crippen LogP contribution in [0.3, 0.4) is 0 Å². The number of amides is 1. The van der Waals surface area contributed by atoms with Crippen LogP contribution in [0.2, 0.25) is 0 Å². The molecule has 3 rings (SSSR count). The quantitative estimate of drug-likeness (QED) is 0.738. The summed E-state index contributed by atoms with van der Waals surface area (Å²) in [6.45, 7) is 5.90. The molecule has 6 heteroatoms. The summed E-state index contributed by atoms with van der Waals surface area (Å²) < 4.78 is 7.11. The highest BCUT2D eigenvalue weighted by Gasteiger charge is 2.23. The van der Waals surface area contributed by atoms with Gasteiger partial charge in [0.1, 0.15) is 0 Å². The number of furan rings is 1. The van der Waals surface area contributed by atoms with Crippen LogP contribution in [0.4, 0.5) is 0 Å². The van der Waals surface area contributed by atoms with Gasteiger partial charge in [-0.3, -0.25) is 4.79 Å². The summed E-state index contributed by atoms with van der Waals surface area (Å²) in [5.41, 5.74) is 1.93. The van der Waals surface area contributed by atoms with Crippen LogP contribution in [0.5, 0.6) is 0 Å². The molecule has 124 valence electrons. The molecule has 3 aromatic rings. The number of carbonyl (C=O) groups excluding carboxylic acids is 1. The molecule has 2 aromatic heterocycles. The third-order valence-corrected chi connectivity index (χ3v) is 3.88. The molecule has 0 aliphatic heterocycles. The Morgan fingerprint density at radius 2 is 2.04 bits per heavy atom. The largest absolute Gasteiger partial charge is 0.461 e. The zero-order chi connectivity index (χ0) is 17.3. The Bertz CT molecular complexity index is 850. The number of hydrogen-bond donors (Lipinski definition) is 0. The molecule has 0 bridgehead atoms. The summed E-state index contributed by atoms with van der Waals surface area (Å²) in [6.07, 6.45) is 1.58. The van der Waals surface area contributed by atoms with E-state index in [1.165, 1.54) is 0 Å². The van der Waals surface area contributed by atoms with Crippen molar-refractivity contribution in [3.63, 3.8) is 0 Å². The van der Waals surface area contributed by atoms with Gasteiger partial charge >= 0.3 is 0 Å². The molecule has 0 spiro atoms. The Labute approximate surface area is 140 Å². The Hall–Kier alpha value is -2.89. The number of benzene rings is 1. The first kappa shape index (κ1) is 16.0. The standard InChI is InChI=1S/C18H20N4O2/c1-12(2)21(4)18(23)16-19-17(15-9-6-10-24-15)22(20-16)14-8-5-7-13(3)11-14/h5-12H,1-4H3. The van der Waals surface area contributed by atoms with Gasteiger partial charge in [0.05, 0.1) is 12.0 Å². The number of carbonyl (C=O) groups is 1. The molecule has 0 fully saturated rings. The van der Waals surface area contributed by atoms with Crippen LogP contribution < -0.4 is 0 Å². The van der Waals surface area contributed by atoms with Crippen LogP contribution in [0.1, 0.15) is 30.0 Å². The van der Waals surface area contributed by atoms with Crippen molar-refractivity contribution >= 4 is 5.91 Å². The van der Waals surface area contributed by atoms with E-state index >= 15 is 0 Å². The van der Waals surface area contributed by atoms with E-state index < -0.39 is 0 Å². The van der Waals surface area contributed by atoms with Crippen molar-refractivity contribution < 1.29 is 9.21 Å². The van der Waals surface area contributed by atoms with Gasteiger partial charge in [0.25, 0.3) is 5.91 Å². The fraction of sp³-hybridized carbons (Fsp3) is 0.278. The van der Waals surface area contributed by atoms with Crippen LogP contribution in [0.25, 0.3) is 17.3 Å². The first-order chi connectivity index (χ1) is 11.5. The molecule has 0 radical (unpaired) electrons. The highest BCUT2D eigenvalue weighted by atomic mass is 16.3. The Balaban J connectivity index is 2.12. The van der Waals surface area contributed by atoms with Crippen molar-refractivity contribution in [1.82, 2.24) is 19.7 Å². The maximum Gasteiger partial charge on any atom is 0.293 e. The lowest BCUT2D eigenvalue weighted by molar-refractivity contribution is 0.0742. The van der Waals surface area contributed by atoms with E-state index in [1.807, 2.05) is 45.0 Å². The maximum absolute atomic E-state index is 12.6. The molecule has 0 aliphatic rings. The normalized spacial score (nSPS) is 11.0. The monoisotopic (exact) mass is 324 g/mol. The second kappa shape index (κ2) is 6.31. The molecule has 0 saturated heterocycles. The Morgan fingerprint density at radius 3 is 2.67 bits per heavy atom. The van der Waals surface area contributed by atoms with Crippen LogP contribution in [-0.4, -0.2) is 38.7 Å². The molecule has 0 saturated carbocycles. The summed E-state index contributed by atoms with van der Waals surface area (Å²) in [6, 6.07) is 11.5. The molecular formula is C18H20N4O2. The lowest BCUT2D eigenvalue weighted by atomic mass is 10.2. The van der Waals surface area contributed by atoms with E-state index in [-0.39, 0.29) is 17.8 Å². The number of nitrogens with zero attached hydrogens (tertiary/aromatic N) is 4.